The molecule has 1 amide bonds. The first-order valence-electron chi connectivity index (χ1n) is 6.57. The number of carboxylic acid groups (broad SMARTS) is 1. The van der Waals surface area contributed by atoms with Crippen LogP contribution in [-0.4, -0.2) is 35.0 Å². The summed E-state index contributed by atoms with van der Waals surface area (Å²) in [6, 6.07) is 0. The predicted octanol–water partition coefficient (Wildman–Crippen LogP) is 1.75. The van der Waals surface area contributed by atoms with Crippen molar-refractivity contribution in [2.24, 2.45) is 17.8 Å². The van der Waals surface area contributed by atoms with Gasteiger partial charge < -0.3 is 10.0 Å². The molecule has 1 saturated heterocycles. The zero-order valence-corrected chi connectivity index (χ0v) is 10.4. The van der Waals surface area contributed by atoms with E-state index >= 15 is 0 Å². The molecule has 2 rings (SSSR count). The normalized spacial score (nSPS) is 29.8. The highest BCUT2D eigenvalue weighted by Gasteiger charge is 2.33. The highest BCUT2D eigenvalue weighted by atomic mass is 16.4. The molecular formula is C13H21NO3. The van der Waals surface area contributed by atoms with Gasteiger partial charge in [-0.2, -0.15) is 0 Å². The molecule has 4 heteroatoms. The van der Waals surface area contributed by atoms with Crippen LogP contribution in [0.1, 0.15) is 39.0 Å². The summed E-state index contributed by atoms with van der Waals surface area (Å²) in [6.07, 6.45) is 4.89. The van der Waals surface area contributed by atoms with Crippen molar-refractivity contribution in [3.8, 4) is 0 Å². The van der Waals surface area contributed by atoms with Crippen LogP contribution in [0.2, 0.25) is 0 Å². The fourth-order valence-electron chi connectivity index (χ4n) is 2.81. The number of likely N-dealkylation sites (tertiary alicyclic amines) is 1. The topological polar surface area (TPSA) is 57.6 Å². The van der Waals surface area contributed by atoms with E-state index in [0.717, 1.165) is 19.4 Å². The van der Waals surface area contributed by atoms with Gasteiger partial charge in [-0.3, -0.25) is 9.59 Å². The van der Waals surface area contributed by atoms with E-state index in [4.69, 9.17) is 5.11 Å². The number of nitrogens with zero attached hydrogens (tertiary/aromatic N) is 1. The summed E-state index contributed by atoms with van der Waals surface area (Å²) in [5.74, 6) is -0.118. The number of hydrogen-bond acceptors (Lipinski definition) is 2. The number of carboxylic acids is 1. The van der Waals surface area contributed by atoms with Crippen LogP contribution in [0.15, 0.2) is 0 Å². The first-order valence-corrected chi connectivity index (χ1v) is 6.57. The lowest BCUT2D eigenvalue weighted by atomic mass is 9.82. The Hall–Kier alpha value is -1.06. The third-order valence-electron chi connectivity index (χ3n) is 4.05. The number of hydrogen-bond donors (Lipinski definition) is 1. The zero-order chi connectivity index (χ0) is 12.4. The summed E-state index contributed by atoms with van der Waals surface area (Å²) >= 11 is 0. The van der Waals surface area contributed by atoms with Crippen LogP contribution in [-0.2, 0) is 9.59 Å². The van der Waals surface area contributed by atoms with Crippen molar-refractivity contribution in [2.75, 3.05) is 13.1 Å². The lowest BCUT2D eigenvalue weighted by Gasteiger charge is -2.36. The monoisotopic (exact) mass is 239 g/mol. The average Bonchev–Trinajstić information content (AvgIpc) is 2.22. The minimum absolute atomic E-state index is 0.160. The summed E-state index contributed by atoms with van der Waals surface area (Å²) in [5, 5.41) is 9.06. The van der Waals surface area contributed by atoms with Crippen molar-refractivity contribution < 1.29 is 14.7 Å². The van der Waals surface area contributed by atoms with Crippen LogP contribution in [0.25, 0.3) is 0 Å². The zero-order valence-electron chi connectivity index (χ0n) is 10.4. The molecule has 0 spiro atoms. The average molecular weight is 239 g/mol. The third-order valence-corrected chi connectivity index (χ3v) is 4.05. The van der Waals surface area contributed by atoms with E-state index in [1.807, 2.05) is 6.92 Å². The van der Waals surface area contributed by atoms with Gasteiger partial charge >= 0.3 is 5.97 Å². The molecule has 2 fully saturated rings. The summed E-state index contributed by atoms with van der Waals surface area (Å²) in [6.45, 7) is 3.17. The minimum Gasteiger partial charge on any atom is -0.481 e. The van der Waals surface area contributed by atoms with E-state index in [1.54, 1.807) is 4.90 Å². The lowest BCUT2D eigenvalue weighted by molar-refractivity contribution is -0.147. The molecule has 0 aromatic rings. The number of rotatable bonds is 3. The van der Waals surface area contributed by atoms with Gasteiger partial charge in [0.05, 0.1) is 5.92 Å². The van der Waals surface area contributed by atoms with Crippen molar-refractivity contribution in [2.45, 2.75) is 39.0 Å². The highest BCUT2D eigenvalue weighted by Crippen LogP contribution is 2.31. The fourth-order valence-corrected chi connectivity index (χ4v) is 2.81. The Labute approximate surface area is 102 Å². The van der Waals surface area contributed by atoms with E-state index in [9.17, 15) is 9.59 Å². The molecule has 1 aliphatic heterocycles. The van der Waals surface area contributed by atoms with Gasteiger partial charge in [0, 0.05) is 19.5 Å². The van der Waals surface area contributed by atoms with E-state index in [1.165, 1.54) is 6.42 Å². The molecule has 2 atom stereocenters. The van der Waals surface area contributed by atoms with Gasteiger partial charge in [-0.15, -0.1) is 0 Å². The Bertz CT molecular complexity index is 312. The molecule has 17 heavy (non-hydrogen) atoms. The highest BCUT2D eigenvalue weighted by molar-refractivity contribution is 5.78. The Morgan fingerprint density at radius 3 is 2.53 bits per heavy atom. The molecule has 0 aromatic heterocycles. The van der Waals surface area contributed by atoms with Crippen LogP contribution < -0.4 is 0 Å². The first-order chi connectivity index (χ1) is 8.06. The van der Waals surface area contributed by atoms with Crippen molar-refractivity contribution >= 4 is 11.9 Å². The van der Waals surface area contributed by atoms with Crippen LogP contribution in [0.5, 0.6) is 0 Å². The van der Waals surface area contributed by atoms with Gasteiger partial charge in [0.2, 0.25) is 5.91 Å². The van der Waals surface area contributed by atoms with Gasteiger partial charge in [-0.05, 0) is 31.1 Å². The molecule has 1 heterocycles. The van der Waals surface area contributed by atoms with E-state index < -0.39 is 5.97 Å². The fraction of sp³-hybridized carbons (Fsp3) is 0.846. The molecule has 0 aromatic carbocycles. The van der Waals surface area contributed by atoms with Crippen LogP contribution in [0.3, 0.4) is 0 Å². The van der Waals surface area contributed by atoms with E-state index in [0.29, 0.717) is 31.2 Å². The quantitative estimate of drug-likeness (QED) is 0.816. The summed E-state index contributed by atoms with van der Waals surface area (Å²) in [4.78, 5) is 24.8. The van der Waals surface area contributed by atoms with Crippen molar-refractivity contribution in [3.05, 3.63) is 0 Å². The minimum atomic E-state index is -0.766. The summed E-state index contributed by atoms with van der Waals surface area (Å²) in [5.41, 5.74) is 0. The molecule has 0 radical (unpaired) electrons. The van der Waals surface area contributed by atoms with Gasteiger partial charge in [-0.25, -0.2) is 0 Å². The number of carbonyl (C=O) groups is 2. The number of carbonyl (C=O) groups excluding carboxylic acids is 1. The largest absolute Gasteiger partial charge is 0.481 e. The van der Waals surface area contributed by atoms with Crippen LogP contribution in [0.4, 0.5) is 0 Å². The van der Waals surface area contributed by atoms with Gasteiger partial charge in [0.25, 0.3) is 0 Å². The molecule has 0 bridgehead atoms. The van der Waals surface area contributed by atoms with Gasteiger partial charge in [0.15, 0.2) is 0 Å². The Morgan fingerprint density at radius 1 is 1.29 bits per heavy atom. The van der Waals surface area contributed by atoms with Gasteiger partial charge in [0.1, 0.15) is 0 Å². The molecule has 1 saturated carbocycles. The van der Waals surface area contributed by atoms with Gasteiger partial charge in [-0.1, -0.05) is 13.3 Å². The number of aliphatic carboxylic acids is 1. The predicted molar refractivity (Wildman–Crippen MR) is 63.4 cm³/mol. The second-order valence-corrected chi connectivity index (χ2v) is 5.68. The Balaban J connectivity index is 1.89. The van der Waals surface area contributed by atoms with Crippen molar-refractivity contribution in [3.63, 3.8) is 0 Å². The third kappa shape index (κ3) is 2.99. The van der Waals surface area contributed by atoms with Crippen molar-refractivity contribution in [1.82, 2.24) is 4.90 Å². The Morgan fingerprint density at radius 2 is 2.00 bits per heavy atom. The van der Waals surface area contributed by atoms with E-state index in [-0.39, 0.29) is 11.8 Å². The molecule has 1 aliphatic carbocycles. The molecule has 96 valence electrons. The van der Waals surface area contributed by atoms with Crippen molar-refractivity contribution in [1.29, 1.82) is 0 Å². The molecule has 4 nitrogen and oxygen atoms in total. The lowest BCUT2D eigenvalue weighted by Crippen LogP contribution is -2.46. The maximum Gasteiger partial charge on any atom is 0.308 e. The number of amides is 1. The van der Waals surface area contributed by atoms with Crippen LogP contribution >= 0.6 is 0 Å². The SMILES string of the molecule is CC1CC(C(=O)O)CN(C(=O)CC2CCC2)C1. The second-order valence-electron chi connectivity index (χ2n) is 5.68. The molecule has 1 N–H and O–H groups in total. The summed E-state index contributed by atoms with van der Waals surface area (Å²) < 4.78 is 0. The smallest absolute Gasteiger partial charge is 0.308 e. The molecule has 2 aliphatic rings. The summed E-state index contributed by atoms with van der Waals surface area (Å²) in [7, 11) is 0. The Kier molecular flexibility index (Phi) is 3.69. The molecular weight excluding hydrogens is 218 g/mol. The first kappa shape index (κ1) is 12.4. The number of piperidine rings is 1. The maximum atomic E-state index is 12.0. The van der Waals surface area contributed by atoms with E-state index in [2.05, 4.69) is 0 Å². The van der Waals surface area contributed by atoms with Crippen LogP contribution in [0, 0.1) is 17.8 Å². The maximum absolute atomic E-state index is 12.0. The standard InChI is InChI=1S/C13H21NO3/c1-9-5-11(13(16)17)8-14(7-9)12(15)6-10-3-2-4-10/h9-11H,2-8H2,1H3,(H,16,17). The second kappa shape index (κ2) is 5.07. The molecule has 2 unspecified atom stereocenters.